The molecular formula is C22H25FO2. The molecule has 0 saturated heterocycles. The second kappa shape index (κ2) is 8.19. The summed E-state index contributed by atoms with van der Waals surface area (Å²) < 4.78 is 24.4. The molecule has 0 aromatic heterocycles. The molecule has 2 aromatic rings. The third-order valence-corrected chi connectivity index (χ3v) is 4.92. The molecule has 0 heterocycles. The average Bonchev–Trinajstić information content (AvgIpc) is 2.67. The van der Waals surface area contributed by atoms with Crippen LogP contribution in [0.2, 0.25) is 0 Å². The molecule has 0 bridgehead atoms. The highest BCUT2D eigenvalue weighted by Crippen LogP contribution is 2.43. The van der Waals surface area contributed by atoms with Crippen molar-refractivity contribution in [1.82, 2.24) is 0 Å². The molecule has 2 aromatic carbocycles. The van der Waals surface area contributed by atoms with Gasteiger partial charge >= 0.3 is 0 Å². The third-order valence-electron chi connectivity index (χ3n) is 4.92. The maximum atomic E-state index is 13.0. The van der Waals surface area contributed by atoms with E-state index in [-0.39, 0.29) is 5.82 Å². The zero-order valence-corrected chi connectivity index (χ0v) is 14.9. The lowest BCUT2D eigenvalue weighted by atomic mass is 9.82. The average molecular weight is 340 g/mol. The molecule has 0 radical (unpaired) electrons. The molecule has 1 fully saturated rings. The van der Waals surface area contributed by atoms with Crippen molar-refractivity contribution in [3.05, 3.63) is 58.9 Å². The highest BCUT2D eigenvalue weighted by atomic mass is 19.1. The van der Waals surface area contributed by atoms with Gasteiger partial charge < -0.3 is 9.47 Å². The van der Waals surface area contributed by atoms with Crippen molar-refractivity contribution in [2.45, 2.75) is 38.0 Å². The van der Waals surface area contributed by atoms with E-state index in [4.69, 9.17) is 9.47 Å². The molecule has 0 amide bonds. The van der Waals surface area contributed by atoms with Crippen molar-refractivity contribution in [2.75, 3.05) is 14.2 Å². The minimum atomic E-state index is -0.225. The molecular weight excluding hydrogens is 315 g/mol. The van der Waals surface area contributed by atoms with Gasteiger partial charge in [0.05, 0.1) is 14.2 Å². The number of ether oxygens (including phenoxy) is 2. The van der Waals surface area contributed by atoms with Crippen LogP contribution in [0.25, 0.3) is 12.2 Å². The zero-order chi connectivity index (χ0) is 17.6. The molecule has 0 spiro atoms. The van der Waals surface area contributed by atoms with Gasteiger partial charge in [-0.1, -0.05) is 43.5 Å². The summed E-state index contributed by atoms with van der Waals surface area (Å²) in [7, 11) is 3.43. The Balaban J connectivity index is 1.91. The maximum Gasteiger partial charge on any atom is 0.126 e. The first kappa shape index (κ1) is 17.5. The molecule has 0 aliphatic heterocycles. The van der Waals surface area contributed by atoms with Gasteiger partial charge in [-0.2, -0.15) is 0 Å². The molecule has 0 atom stereocenters. The maximum absolute atomic E-state index is 13.0. The minimum absolute atomic E-state index is 0.225. The first-order chi connectivity index (χ1) is 12.2. The van der Waals surface area contributed by atoms with Gasteiger partial charge in [-0.3, -0.25) is 0 Å². The predicted molar refractivity (Wildman–Crippen MR) is 101 cm³/mol. The molecule has 0 unspecified atom stereocenters. The van der Waals surface area contributed by atoms with E-state index in [1.165, 1.54) is 49.8 Å². The summed E-state index contributed by atoms with van der Waals surface area (Å²) in [6.07, 6.45) is 10.2. The summed E-state index contributed by atoms with van der Waals surface area (Å²) in [5.41, 5.74) is 3.16. The molecule has 132 valence electrons. The number of rotatable bonds is 5. The molecule has 0 N–H and O–H groups in total. The Morgan fingerprint density at radius 3 is 1.96 bits per heavy atom. The van der Waals surface area contributed by atoms with Crippen molar-refractivity contribution in [3.63, 3.8) is 0 Å². The topological polar surface area (TPSA) is 18.5 Å². The normalized spacial score (nSPS) is 15.5. The lowest BCUT2D eigenvalue weighted by Gasteiger charge is -2.26. The largest absolute Gasteiger partial charge is 0.496 e. The van der Waals surface area contributed by atoms with Gasteiger partial charge in [0, 0.05) is 5.56 Å². The first-order valence-corrected chi connectivity index (χ1v) is 8.91. The Hall–Kier alpha value is -2.29. The van der Waals surface area contributed by atoms with Crippen molar-refractivity contribution in [2.24, 2.45) is 0 Å². The Kier molecular flexibility index (Phi) is 5.75. The van der Waals surface area contributed by atoms with Crippen LogP contribution < -0.4 is 9.47 Å². The van der Waals surface area contributed by atoms with E-state index in [0.29, 0.717) is 5.92 Å². The zero-order valence-electron chi connectivity index (χ0n) is 14.9. The smallest absolute Gasteiger partial charge is 0.126 e. The predicted octanol–water partition coefficient (Wildman–Crippen LogP) is 6.06. The molecule has 3 heteroatoms. The van der Waals surface area contributed by atoms with Crippen LogP contribution in [0.5, 0.6) is 11.5 Å². The summed E-state index contributed by atoms with van der Waals surface area (Å²) in [5, 5.41) is 0. The fraction of sp³-hybridized carbons (Fsp3) is 0.364. The van der Waals surface area contributed by atoms with Crippen molar-refractivity contribution in [1.29, 1.82) is 0 Å². The van der Waals surface area contributed by atoms with Crippen LogP contribution in [0.3, 0.4) is 0 Å². The van der Waals surface area contributed by atoms with Crippen LogP contribution >= 0.6 is 0 Å². The van der Waals surface area contributed by atoms with E-state index in [2.05, 4.69) is 12.1 Å². The quantitative estimate of drug-likeness (QED) is 0.616. The van der Waals surface area contributed by atoms with Crippen molar-refractivity contribution >= 4 is 12.2 Å². The minimum Gasteiger partial charge on any atom is -0.496 e. The first-order valence-electron chi connectivity index (χ1n) is 8.91. The fourth-order valence-corrected chi connectivity index (χ4v) is 3.62. The molecule has 1 saturated carbocycles. The summed E-state index contributed by atoms with van der Waals surface area (Å²) in [5.74, 6) is 2.07. The second-order valence-electron chi connectivity index (χ2n) is 6.56. The highest BCUT2D eigenvalue weighted by Gasteiger charge is 2.23. The van der Waals surface area contributed by atoms with Crippen LogP contribution in [0.15, 0.2) is 36.4 Å². The van der Waals surface area contributed by atoms with Crippen LogP contribution in [-0.4, -0.2) is 14.2 Å². The lowest BCUT2D eigenvalue weighted by Crippen LogP contribution is -2.08. The Morgan fingerprint density at radius 1 is 0.840 bits per heavy atom. The van der Waals surface area contributed by atoms with Gasteiger partial charge in [0.25, 0.3) is 0 Å². The monoisotopic (exact) mass is 340 g/mol. The van der Waals surface area contributed by atoms with Gasteiger partial charge in [0.2, 0.25) is 0 Å². The summed E-state index contributed by atoms with van der Waals surface area (Å²) in [4.78, 5) is 0. The van der Waals surface area contributed by atoms with Crippen LogP contribution in [0.4, 0.5) is 4.39 Å². The van der Waals surface area contributed by atoms with E-state index in [1.54, 1.807) is 26.4 Å². The summed E-state index contributed by atoms with van der Waals surface area (Å²) >= 11 is 0. The highest BCUT2D eigenvalue weighted by molar-refractivity contribution is 5.72. The number of hydrogen-bond acceptors (Lipinski definition) is 2. The molecule has 2 nitrogen and oxygen atoms in total. The van der Waals surface area contributed by atoms with Crippen LogP contribution in [0, 0.1) is 5.82 Å². The molecule has 1 aliphatic carbocycles. The van der Waals surface area contributed by atoms with Gasteiger partial charge in [-0.25, -0.2) is 4.39 Å². The van der Waals surface area contributed by atoms with Gasteiger partial charge in [0.15, 0.2) is 0 Å². The van der Waals surface area contributed by atoms with Gasteiger partial charge in [0.1, 0.15) is 17.3 Å². The Labute approximate surface area is 149 Å². The number of benzene rings is 2. The van der Waals surface area contributed by atoms with Gasteiger partial charge in [-0.05, 0) is 54.2 Å². The summed E-state index contributed by atoms with van der Waals surface area (Å²) in [6.45, 7) is 0. The van der Waals surface area contributed by atoms with Crippen molar-refractivity contribution in [3.8, 4) is 11.5 Å². The van der Waals surface area contributed by atoms with Crippen molar-refractivity contribution < 1.29 is 13.9 Å². The molecule has 25 heavy (non-hydrogen) atoms. The van der Waals surface area contributed by atoms with Crippen LogP contribution in [0.1, 0.15) is 54.7 Å². The standard InChI is InChI=1S/C22H25FO2/c1-24-20-14-17(9-8-16-10-12-19(23)13-11-16)15-21(25-2)22(20)18-6-4-3-5-7-18/h8-15,18H,3-7H2,1-2H3/b9-8+. The molecule has 1 aliphatic rings. The lowest BCUT2D eigenvalue weighted by molar-refractivity contribution is 0.359. The summed E-state index contributed by atoms with van der Waals surface area (Å²) in [6, 6.07) is 10.6. The van der Waals surface area contributed by atoms with Crippen LogP contribution in [-0.2, 0) is 0 Å². The third kappa shape index (κ3) is 4.22. The number of hydrogen-bond donors (Lipinski definition) is 0. The van der Waals surface area contributed by atoms with E-state index in [0.717, 1.165) is 22.6 Å². The van der Waals surface area contributed by atoms with E-state index in [9.17, 15) is 4.39 Å². The second-order valence-corrected chi connectivity index (χ2v) is 6.56. The Morgan fingerprint density at radius 2 is 1.40 bits per heavy atom. The van der Waals surface area contributed by atoms with E-state index in [1.807, 2.05) is 12.2 Å². The van der Waals surface area contributed by atoms with Gasteiger partial charge in [-0.15, -0.1) is 0 Å². The van der Waals surface area contributed by atoms with E-state index >= 15 is 0 Å². The number of halogens is 1. The molecule has 3 rings (SSSR count). The SMILES string of the molecule is COc1cc(/C=C/c2ccc(F)cc2)cc(OC)c1C1CCCCC1. The number of methoxy groups -OCH3 is 2. The van der Waals surface area contributed by atoms with E-state index < -0.39 is 0 Å². The Bertz CT molecular complexity index is 703. The fourth-order valence-electron chi connectivity index (χ4n) is 3.62.